The summed E-state index contributed by atoms with van der Waals surface area (Å²) in [5.74, 6) is 3.65. The molecule has 0 bridgehead atoms. The average Bonchev–Trinajstić information content (AvgIpc) is 2.99. The molecule has 120 valence electrons. The van der Waals surface area contributed by atoms with Gasteiger partial charge in [-0.25, -0.2) is 0 Å². The fourth-order valence-corrected chi connectivity index (χ4v) is 4.55. The standard InChI is InChI=1S/C19H33NS/c1-4-10-20-13-19-8-7-17(15(2)3)12-18(19)6-5-16-9-11-21-14-16/h9,11,14-15,17-20H,4-8,10,12-13H2,1-3H3. The molecule has 21 heavy (non-hydrogen) atoms. The summed E-state index contributed by atoms with van der Waals surface area (Å²) in [5, 5.41) is 8.22. The maximum absolute atomic E-state index is 3.67. The quantitative estimate of drug-likeness (QED) is 0.637. The number of hydrogen-bond acceptors (Lipinski definition) is 2. The van der Waals surface area contributed by atoms with E-state index in [1.54, 1.807) is 5.56 Å². The highest BCUT2D eigenvalue weighted by Gasteiger charge is 2.31. The Morgan fingerprint density at radius 1 is 1.29 bits per heavy atom. The van der Waals surface area contributed by atoms with Crippen LogP contribution in [0.2, 0.25) is 0 Å². The van der Waals surface area contributed by atoms with Crippen LogP contribution in [-0.4, -0.2) is 13.1 Å². The molecule has 1 aromatic rings. The smallest absolute Gasteiger partial charge is 0.00179 e. The molecule has 1 aliphatic rings. The van der Waals surface area contributed by atoms with Gasteiger partial charge < -0.3 is 5.32 Å². The Morgan fingerprint density at radius 3 is 2.81 bits per heavy atom. The highest BCUT2D eigenvalue weighted by molar-refractivity contribution is 7.07. The molecule has 0 saturated heterocycles. The summed E-state index contributed by atoms with van der Waals surface area (Å²) < 4.78 is 0. The molecule has 1 aliphatic carbocycles. The minimum atomic E-state index is 0.859. The molecule has 1 fully saturated rings. The van der Waals surface area contributed by atoms with Gasteiger partial charge in [-0.15, -0.1) is 0 Å². The lowest BCUT2D eigenvalue weighted by Gasteiger charge is -2.38. The van der Waals surface area contributed by atoms with Crippen LogP contribution in [0.1, 0.15) is 58.4 Å². The van der Waals surface area contributed by atoms with Crippen molar-refractivity contribution in [2.24, 2.45) is 23.7 Å². The van der Waals surface area contributed by atoms with Gasteiger partial charge in [-0.1, -0.05) is 20.8 Å². The largest absolute Gasteiger partial charge is 0.316 e. The maximum Gasteiger partial charge on any atom is -0.00179 e. The minimum Gasteiger partial charge on any atom is -0.316 e. The van der Waals surface area contributed by atoms with E-state index in [4.69, 9.17) is 0 Å². The number of hydrogen-bond donors (Lipinski definition) is 1. The van der Waals surface area contributed by atoms with Gasteiger partial charge in [-0.2, -0.15) is 11.3 Å². The van der Waals surface area contributed by atoms with Gasteiger partial charge >= 0.3 is 0 Å². The second kappa shape index (κ2) is 8.95. The van der Waals surface area contributed by atoms with Gasteiger partial charge in [0.1, 0.15) is 0 Å². The van der Waals surface area contributed by atoms with Crippen molar-refractivity contribution in [2.45, 2.75) is 59.3 Å². The third-order valence-corrected chi connectivity index (χ3v) is 6.07. The molecule has 0 spiro atoms. The third kappa shape index (κ3) is 5.41. The van der Waals surface area contributed by atoms with Gasteiger partial charge in [0.05, 0.1) is 0 Å². The summed E-state index contributed by atoms with van der Waals surface area (Å²) in [5.41, 5.74) is 1.55. The van der Waals surface area contributed by atoms with Crippen molar-refractivity contribution in [3.63, 3.8) is 0 Å². The SMILES string of the molecule is CCCNCC1CCC(C(C)C)CC1CCc1ccsc1. The fourth-order valence-electron chi connectivity index (χ4n) is 3.84. The normalized spacial score (nSPS) is 26.4. The summed E-state index contributed by atoms with van der Waals surface area (Å²) in [4.78, 5) is 0. The Hall–Kier alpha value is -0.340. The van der Waals surface area contributed by atoms with Gasteiger partial charge in [0.15, 0.2) is 0 Å². The molecule has 0 aromatic carbocycles. The fraction of sp³-hybridized carbons (Fsp3) is 0.789. The zero-order valence-corrected chi connectivity index (χ0v) is 14.9. The molecule has 1 heterocycles. The first kappa shape index (κ1) is 17.0. The molecule has 3 atom stereocenters. The summed E-state index contributed by atoms with van der Waals surface area (Å²) >= 11 is 1.84. The van der Waals surface area contributed by atoms with Crippen LogP contribution >= 0.6 is 11.3 Å². The van der Waals surface area contributed by atoms with Crippen LogP contribution in [0.3, 0.4) is 0 Å². The van der Waals surface area contributed by atoms with Crippen molar-refractivity contribution < 1.29 is 0 Å². The lowest BCUT2D eigenvalue weighted by atomic mass is 9.69. The predicted molar refractivity (Wildman–Crippen MR) is 95.0 cm³/mol. The first-order chi connectivity index (χ1) is 10.2. The number of thiophene rings is 1. The second-order valence-corrected chi connectivity index (χ2v) is 7.99. The van der Waals surface area contributed by atoms with Gasteiger partial charge in [0, 0.05) is 0 Å². The Morgan fingerprint density at radius 2 is 2.14 bits per heavy atom. The van der Waals surface area contributed by atoms with Gasteiger partial charge in [-0.3, -0.25) is 0 Å². The molecule has 3 unspecified atom stereocenters. The number of rotatable bonds is 8. The number of nitrogens with one attached hydrogen (secondary N) is 1. The first-order valence-electron chi connectivity index (χ1n) is 8.92. The van der Waals surface area contributed by atoms with E-state index in [-0.39, 0.29) is 0 Å². The second-order valence-electron chi connectivity index (χ2n) is 7.21. The van der Waals surface area contributed by atoms with Crippen molar-refractivity contribution in [1.29, 1.82) is 0 Å². The van der Waals surface area contributed by atoms with E-state index in [1.807, 2.05) is 11.3 Å². The molecule has 0 aliphatic heterocycles. The summed E-state index contributed by atoms with van der Waals surface area (Å²) in [7, 11) is 0. The molecular weight excluding hydrogens is 274 g/mol. The van der Waals surface area contributed by atoms with E-state index in [0.29, 0.717) is 0 Å². The summed E-state index contributed by atoms with van der Waals surface area (Å²) in [6, 6.07) is 2.30. The van der Waals surface area contributed by atoms with E-state index in [0.717, 1.165) is 23.7 Å². The van der Waals surface area contributed by atoms with Gasteiger partial charge in [0.2, 0.25) is 0 Å². The summed E-state index contributed by atoms with van der Waals surface area (Å²) in [6.45, 7) is 9.51. The van der Waals surface area contributed by atoms with E-state index >= 15 is 0 Å². The molecule has 1 saturated carbocycles. The van der Waals surface area contributed by atoms with Crippen LogP contribution in [0.15, 0.2) is 16.8 Å². The maximum atomic E-state index is 3.67. The molecule has 2 heteroatoms. The average molecular weight is 308 g/mol. The summed E-state index contributed by atoms with van der Waals surface area (Å²) in [6.07, 6.45) is 8.27. The zero-order valence-electron chi connectivity index (χ0n) is 14.1. The molecule has 1 N–H and O–H groups in total. The Kier molecular flexibility index (Phi) is 7.25. The highest BCUT2D eigenvalue weighted by Crippen LogP contribution is 2.39. The van der Waals surface area contributed by atoms with E-state index in [9.17, 15) is 0 Å². The van der Waals surface area contributed by atoms with E-state index in [1.165, 1.54) is 51.6 Å². The first-order valence-corrected chi connectivity index (χ1v) is 9.86. The van der Waals surface area contributed by atoms with Crippen molar-refractivity contribution >= 4 is 11.3 Å². The van der Waals surface area contributed by atoms with E-state index < -0.39 is 0 Å². The highest BCUT2D eigenvalue weighted by atomic mass is 32.1. The van der Waals surface area contributed by atoms with Crippen LogP contribution in [0.5, 0.6) is 0 Å². The van der Waals surface area contributed by atoms with Crippen LogP contribution in [-0.2, 0) is 6.42 Å². The molecule has 2 rings (SSSR count). The van der Waals surface area contributed by atoms with Crippen molar-refractivity contribution in [2.75, 3.05) is 13.1 Å². The van der Waals surface area contributed by atoms with Crippen LogP contribution in [0.4, 0.5) is 0 Å². The number of aryl methyl sites for hydroxylation is 1. The van der Waals surface area contributed by atoms with Crippen molar-refractivity contribution in [3.8, 4) is 0 Å². The zero-order chi connectivity index (χ0) is 15.1. The van der Waals surface area contributed by atoms with Crippen LogP contribution < -0.4 is 5.32 Å². The minimum absolute atomic E-state index is 0.859. The molecule has 0 radical (unpaired) electrons. The lowest BCUT2D eigenvalue weighted by Crippen LogP contribution is -2.35. The van der Waals surface area contributed by atoms with Gasteiger partial charge in [-0.05, 0) is 97.7 Å². The Bertz CT molecular complexity index is 371. The van der Waals surface area contributed by atoms with Crippen molar-refractivity contribution in [1.82, 2.24) is 5.32 Å². The monoisotopic (exact) mass is 307 g/mol. The lowest BCUT2D eigenvalue weighted by molar-refractivity contribution is 0.138. The predicted octanol–water partition coefficient (Wildman–Crippen LogP) is 5.37. The van der Waals surface area contributed by atoms with Crippen molar-refractivity contribution in [3.05, 3.63) is 22.4 Å². The Balaban J connectivity index is 1.87. The van der Waals surface area contributed by atoms with E-state index in [2.05, 4.69) is 42.9 Å². The topological polar surface area (TPSA) is 12.0 Å². The molecular formula is C19H33NS. The van der Waals surface area contributed by atoms with Crippen LogP contribution in [0, 0.1) is 23.7 Å². The Labute approximate surface area is 135 Å². The van der Waals surface area contributed by atoms with Gasteiger partial charge in [0.25, 0.3) is 0 Å². The molecule has 0 amide bonds. The molecule has 1 aromatic heterocycles. The molecule has 1 nitrogen and oxygen atoms in total. The van der Waals surface area contributed by atoms with Crippen LogP contribution in [0.25, 0.3) is 0 Å². The third-order valence-electron chi connectivity index (χ3n) is 5.34.